The second-order valence-electron chi connectivity index (χ2n) is 12.8. The zero-order valence-electron chi connectivity index (χ0n) is 27.0. The minimum absolute atomic E-state index is 0.0461. The maximum Gasteiger partial charge on any atom is 0.287 e. The summed E-state index contributed by atoms with van der Waals surface area (Å²) < 4.78 is 5.97. The Hall–Kier alpha value is -5.55. The fraction of sp³-hybridized carbons (Fsp3) is 0.270. The molecule has 5 aromatic rings. The zero-order chi connectivity index (χ0) is 34.4. The molecular weight excluding hydrogens is 610 g/mol. The van der Waals surface area contributed by atoms with Crippen LogP contribution < -0.4 is 21.7 Å². The predicted molar refractivity (Wildman–Crippen MR) is 182 cm³/mol. The van der Waals surface area contributed by atoms with Gasteiger partial charge in [0.2, 0.25) is 11.8 Å². The Morgan fingerprint density at radius 2 is 1.52 bits per heavy atom. The molecule has 2 heterocycles. The van der Waals surface area contributed by atoms with Crippen LogP contribution in [0.1, 0.15) is 59.4 Å². The molecule has 248 valence electrons. The van der Waals surface area contributed by atoms with Gasteiger partial charge in [0.1, 0.15) is 17.3 Å². The number of nitrogens with zero attached hydrogens (tertiary/aromatic N) is 1. The average molecular weight is 650 g/mol. The number of rotatable bonds is 12. The van der Waals surface area contributed by atoms with E-state index in [2.05, 4.69) is 20.9 Å². The van der Waals surface area contributed by atoms with E-state index in [4.69, 9.17) is 10.2 Å². The molecule has 11 heteroatoms. The molecule has 0 aliphatic heterocycles. The molecule has 0 spiro atoms. The lowest BCUT2D eigenvalue weighted by molar-refractivity contribution is -0.128. The summed E-state index contributed by atoms with van der Waals surface area (Å²) in [5.41, 5.74) is 7.37. The number of hydrogen-bond acceptors (Lipinski definition) is 7. The lowest BCUT2D eigenvalue weighted by Gasteiger charge is -2.27. The Morgan fingerprint density at radius 3 is 2.25 bits per heavy atom. The minimum atomic E-state index is -1.35. The third kappa shape index (κ3) is 8.42. The number of amides is 4. The van der Waals surface area contributed by atoms with Crippen molar-refractivity contribution in [3.8, 4) is 0 Å². The van der Waals surface area contributed by atoms with Crippen LogP contribution in [0.25, 0.3) is 21.9 Å². The summed E-state index contributed by atoms with van der Waals surface area (Å²) in [6, 6.07) is 24.7. The van der Waals surface area contributed by atoms with Crippen molar-refractivity contribution in [2.24, 2.45) is 5.73 Å². The van der Waals surface area contributed by atoms with Gasteiger partial charge in [-0.3, -0.25) is 19.2 Å². The predicted octanol–water partition coefficient (Wildman–Crippen LogP) is 3.81. The highest BCUT2D eigenvalue weighted by Gasteiger charge is 2.32. The maximum atomic E-state index is 13.8. The van der Waals surface area contributed by atoms with E-state index in [0.717, 1.165) is 10.9 Å². The second-order valence-corrected chi connectivity index (χ2v) is 12.8. The Kier molecular flexibility index (Phi) is 10.2. The number of aliphatic hydroxyl groups is 1. The van der Waals surface area contributed by atoms with Crippen molar-refractivity contribution in [2.45, 2.75) is 63.8 Å². The first kappa shape index (κ1) is 33.8. The molecule has 0 aliphatic rings. The number of carbonyl (C=O) groups excluding carboxylic acids is 4. The normalized spacial score (nSPS) is 13.4. The first-order chi connectivity index (χ1) is 22.9. The molecule has 0 fully saturated rings. The highest BCUT2D eigenvalue weighted by molar-refractivity contribution is 6.00. The SMILES string of the molecule is CC(C)(C)NC(=O)c1oc2ccccc2c1C[C@@H](O)[C@H](Cc1ccccc1)NC(=O)[C@H](CC(N)=O)NC(=O)c1ccc2ccccc2n1. The summed E-state index contributed by atoms with van der Waals surface area (Å²) in [5.74, 6) is -2.55. The number of nitrogens with one attached hydrogen (secondary N) is 3. The smallest absolute Gasteiger partial charge is 0.287 e. The van der Waals surface area contributed by atoms with Crippen LogP contribution in [0.3, 0.4) is 0 Å². The molecule has 48 heavy (non-hydrogen) atoms. The van der Waals surface area contributed by atoms with Crippen LogP contribution in [-0.2, 0) is 22.4 Å². The third-order valence-electron chi connectivity index (χ3n) is 7.76. The standard InChI is InChI=1S/C37H39N5O6/c1-37(2,3)42-36(47)33-25(24-14-8-10-16-31(24)48-33)20-30(43)28(19-22-11-5-4-6-12-22)40-35(46)29(21-32(38)44)41-34(45)27-18-17-23-13-7-9-15-26(23)39-27/h4-18,28-30,43H,19-21H2,1-3H3,(H2,38,44)(H,40,46)(H,41,45)(H,42,47)/t28-,29-,30+/m0/s1. The molecule has 0 saturated carbocycles. The monoisotopic (exact) mass is 649 g/mol. The Morgan fingerprint density at radius 1 is 0.833 bits per heavy atom. The molecule has 0 saturated heterocycles. The number of primary amides is 1. The molecular formula is C37H39N5O6. The van der Waals surface area contributed by atoms with Crippen LogP contribution in [0.4, 0.5) is 0 Å². The number of hydrogen-bond donors (Lipinski definition) is 5. The van der Waals surface area contributed by atoms with Gasteiger partial charge in [-0.05, 0) is 51.0 Å². The zero-order valence-corrected chi connectivity index (χ0v) is 27.0. The average Bonchev–Trinajstić information content (AvgIpc) is 3.41. The fourth-order valence-electron chi connectivity index (χ4n) is 5.50. The molecule has 0 bridgehead atoms. The second kappa shape index (κ2) is 14.5. The van der Waals surface area contributed by atoms with Gasteiger partial charge in [0.15, 0.2) is 5.76 Å². The largest absolute Gasteiger partial charge is 0.451 e. The van der Waals surface area contributed by atoms with Crippen molar-refractivity contribution < 1.29 is 28.7 Å². The molecule has 0 radical (unpaired) electrons. The maximum absolute atomic E-state index is 13.8. The molecule has 2 aromatic heterocycles. The Balaban J connectivity index is 1.42. The van der Waals surface area contributed by atoms with Crippen molar-refractivity contribution in [1.82, 2.24) is 20.9 Å². The first-order valence-electron chi connectivity index (χ1n) is 15.7. The van der Waals surface area contributed by atoms with Crippen molar-refractivity contribution in [3.05, 3.63) is 114 Å². The van der Waals surface area contributed by atoms with Crippen LogP contribution in [0.15, 0.2) is 95.4 Å². The van der Waals surface area contributed by atoms with Gasteiger partial charge in [0.25, 0.3) is 11.8 Å². The van der Waals surface area contributed by atoms with E-state index in [1.165, 1.54) is 6.07 Å². The quantitative estimate of drug-likeness (QED) is 0.136. The molecule has 0 unspecified atom stereocenters. The summed E-state index contributed by atoms with van der Waals surface area (Å²) in [7, 11) is 0. The number of fused-ring (bicyclic) bond motifs is 2. The summed E-state index contributed by atoms with van der Waals surface area (Å²) in [5, 5.41) is 21.6. The van der Waals surface area contributed by atoms with Crippen molar-refractivity contribution in [1.29, 1.82) is 0 Å². The van der Waals surface area contributed by atoms with E-state index < -0.39 is 53.8 Å². The summed E-state index contributed by atoms with van der Waals surface area (Å²) in [4.78, 5) is 56.7. The van der Waals surface area contributed by atoms with E-state index in [1.807, 2.05) is 69.3 Å². The van der Waals surface area contributed by atoms with E-state index in [1.54, 1.807) is 36.4 Å². The summed E-state index contributed by atoms with van der Waals surface area (Å²) in [6.07, 6.45) is -1.54. The number of aromatic nitrogens is 1. The number of furan rings is 1. The molecule has 4 amide bonds. The number of pyridine rings is 1. The molecule has 5 rings (SSSR count). The number of nitrogens with two attached hydrogens (primary N) is 1. The van der Waals surface area contributed by atoms with Crippen LogP contribution in [-0.4, -0.2) is 57.4 Å². The molecule has 6 N–H and O–H groups in total. The Bertz CT molecular complexity index is 1950. The van der Waals surface area contributed by atoms with Crippen molar-refractivity contribution in [2.75, 3.05) is 0 Å². The highest BCUT2D eigenvalue weighted by atomic mass is 16.3. The number of aliphatic hydroxyl groups excluding tert-OH is 1. The lowest BCUT2D eigenvalue weighted by Crippen LogP contribution is -2.54. The van der Waals surface area contributed by atoms with Gasteiger partial charge >= 0.3 is 0 Å². The number of para-hydroxylation sites is 2. The third-order valence-corrected chi connectivity index (χ3v) is 7.76. The van der Waals surface area contributed by atoms with Crippen LogP contribution in [0.5, 0.6) is 0 Å². The topological polar surface area (TPSA) is 177 Å². The van der Waals surface area contributed by atoms with Crippen molar-refractivity contribution >= 4 is 45.5 Å². The van der Waals surface area contributed by atoms with Crippen LogP contribution >= 0.6 is 0 Å². The van der Waals surface area contributed by atoms with E-state index in [-0.39, 0.29) is 24.3 Å². The van der Waals surface area contributed by atoms with Gasteiger partial charge in [-0.25, -0.2) is 4.98 Å². The number of benzene rings is 3. The van der Waals surface area contributed by atoms with E-state index >= 15 is 0 Å². The molecule has 11 nitrogen and oxygen atoms in total. The molecule has 3 atom stereocenters. The van der Waals surface area contributed by atoms with Crippen molar-refractivity contribution in [3.63, 3.8) is 0 Å². The fourth-order valence-corrected chi connectivity index (χ4v) is 5.50. The summed E-state index contributed by atoms with van der Waals surface area (Å²) in [6.45, 7) is 5.56. The Labute approximate surface area is 277 Å². The van der Waals surface area contributed by atoms with Gasteiger partial charge < -0.3 is 31.2 Å². The van der Waals surface area contributed by atoms with Gasteiger partial charge in [0, 0.05) is 28.3 Å². The first-order valence-corrected chi connectivity index (χ1v) is 15.7. The highest BCUT2D eigenvalue weighted by Crippen LogP contribution is 2.28. The van der Waals surface area contributed by atoms with Crippen LogP contribution in [0.2, 0.25) is 0 Å². The number of carbonyl (C=O) groups is 4. The lowest BCUT2D eigenvalue weighted by atomic mass is 9.94. The van der Waals surface area contributed by atoms with Gasteiger partial charge in [-0.2, -0.15) is 0 Å². The van der Waals surface area contributed by atoms with Crippen LogP contribution in [0, 0.1) is 0 Å². The van der Waals surface area contributed by atoms with E-state index in [9.17, 15) is 24.3 Å². The van der Waals surface area contributed by atoms with Gasteiger partial charge in [-0.15, -0.1) is 0 Å². The van der Waals surface area contributed by atoms with Gasteiger partial charge in [-0.1, -0.05) is 72.8 Å². The van der Waals surface area contributed by atoms with E-state index in [0.29, 0.717) is 22.0 Å². The molecule has 3 aromatic carbocycles. The molecule has 0 aliphatic carbocycles. The van der Waals surface area contributed by atoms with Gasteiger partial charge in [0.05, 0.1) is 24.1 Å². The summed E-state index contributed by atoms with van der Waals surface area (Å²) >= 11 is 0. The minimum Gasteiger partial charge on any atom is -0.451 e.